The Hall–Kier alpha value is -2.10. The van der Waals surface area contributed by atoms with Gasteiger partial charge in [-0.3, -0.25) is 4.79 Å². The lowest BCUT2D eigenvalue weighted by Crippen LogP contribution is -2.12. The van der Waals surface area contributed by atoms with Crippen LogP contribution in [-0.2, 0) is 0 Å². The van der Waals surface area contributed by atoms with Gasteiger partial charge < -0.3 is 9.52 Å². The third-order valence-corrected chi connectivity index (χ3v) is 2.74. The highest BCUT2D eigenvalue weighted by Gasteiger charge is 2.18. The molecule has 2 rings (SSSR count). The summed E-state index contributed by atoms with van der Waals surface area (Å²) in [5.41, 5.74) is 0.985. The SMILES string of the molecule is CC(C)(C)CC(=O)c1ccc2oc(C(=O)O)cc2c1. The smallest absolute Gasteiger partial charge is 0.371 e. The molecule has 1 aromatic carbocycles. The number of hydrogen-bond acceptors (Lipinski definition) is 3. The van der Waals surface area contributed by atoms with Crippen LogP contribution in [0.3, 0.4) is 0 Å². The Morgan fingerprint density at radius 1 is 1.21 bits per heavy atom. The third kappa shape index (κ3) is 3.02. The largest absolute Gasteiger partial charge is 0.475 e. The lowest BCUT2D eigenvalue weighted by Gasteiger charge is -2.16. The summed E-state index contributed by atoms with van der Waals surface area (Å²) in [6.07, 6.45) is 0.447. The van der Waals surface area contributed by atoms with Gasteiger partial charge in [-0.25, -0.2) is 4.79 Å². The molecular formula is C15H16O4. The minimum absolute atomic E-state index is 0.0486. The van der Waals surface area contributed by atoms with Crippen LogP contribution in [0.25, 0.3) is 11.0 Å². The average Bonchev–Trinajstić information content (AvgIpc) is 2.69. The van der Waals surface area contributed by atoms with Crippen molar-refractivity contribution in [2.45, 2.75) is 27.2 Å². The van der Waals surface area contributed by atoms with Crippen LogP contribution in [0.5, 0.6) is 0 Å². The molecule has 1 aromatic heterocycles. The van der Waals surface area contributed by atoms with Gasteiger partial charge >= 0.3 is 5.97 Å². The van der Waals surface area contributed by atoms with Gasteiger partial charge in [-0.15, -0.1) is 0 Å². The van der Waals surface area contributed by atoms with E-state index in [2.05, 4.69) is 0 Å². The number of carboxylic acid groups (broad SMARTS) is 1. The van der Waals surface area contributed by atoms with Crippen molar-refractivity contribution in [3.05, 3.63) is 35.6 Å². The highest BCUT2D eigenvalue weighted by atomic mass is 16.4. The van der Waals surface area contributed by atoms with Crippen molar-refractivity contribution in [2.75, 3.05) is 0 Å². The zero-order valence-corrected chi connectivity index (χ0v) is 11.2. The van der Waals surface area contributed by atoms with Crippen molar-refractivity contribution in [2.24, 2.45) is 5.41 Å². The first kappa shape index (κ1) is 13.3. The van der Waals surface area contributed by atoms with Gasteiger partial charge in [0.05, 0.1) is 0 Å². The number of hydrogen-bond donors (Lipinski definition) is 1. The molecule has 0 saturated heterocycles. The first-order valence-corrected chi connectivity index (χ1v) is 6.06. The molecule has 0 fully saturated rings. The van der Waals surface area contributed by atoms with Crippen LogP contribution in [0.15, 0.2) is 28.7 Å². The Balaban J connectivity index is 2.36. The van der Waals surface area contributed by atoms with Gasteiger partial charge in [-0.1, -0.05) is 20.8 Å². The van der Waals surface area contributed by atoms with E-state index in [-0.39, 0.29) is 17.0 Å². The number of Topliss-reactive ketones (excluding diaryl/α,β-unsaturated/α-hetero) is 1. The summed E-state index contributed by atoms with van der Waals surface area (Å²) in [7, 11) is 0. The van der Waals surface area contributed by atoms with E-state index >= 15 is 0 Å². The van der Waals surface area contributed by atoms with Gasteiger partial charge in [0, 0.05) is 17.4 Å². The van der Waals surface area contributed by atoms with E-state index in [1.807, 2.05) is 20.8 Å². The molecule has 2 aromatic rings. The molecule has 4 nitrogen and oxygen atoms in total. The fourth-order valence-corrected chi connectivity index (χ4v) is 1.91. The van der Waals surface area contributed by atoms with Crippen LogP contribution in [0.1, 0.15) is 48.1 Å². The van der Waals surface area contributed by atoms with Gasteiger partial charge in [0.25, 0.3) is 0 Å². The van der Waals surface area contributed by atoms with Crippen LogP contribution in [0.4, 0.5) is 0 Å². The summed E-state index contributed by atoms with van der Waals surface area (Å²) in [6, 6.07) is 6.42. The Kier molecular flexibility index (Phi) is 3.18. The van der Waals surface area contributed by atoms with Crippen LogP contribution >= 0.6 is 0 Å². The van der Waals surface area contributed by atoms with E-state index in [4.69, 9.17) is 9.52 Å². The maximum atomic E-state index is 12.1. The number of ketones is 1. The summed E-state index contributed by atoms with van der Waals surface area (Å²) in [6.45, 7) is 6.01. The standard InChI is InChI=1S/C15H16O4/c1-15(2,3)8-11(16)9-4-5-12-10(6-9)7-13(19-12)14(17)18/h4-7H,8H2,1-3H3,(H,17,18). The molecule has 0 atom stereocenters. The molecule has 0 amide bonds. The maximum Gasteiger partial charge on any atom is 0.371 e. The second kappa shape index (κ2) is 4.53. The van der Waals surface area contributed by atoms with Crippen LogP contribution in [0, 0.1) is 5.41 Å². The van der Waals surface area contributed by atoms with Crippen molar-refractivity contribution >= 4 is 22.7 Å². The van der Waals surface area contributed by atoms with Crippen LogP contribution in [0.2, 0.25) is 0 Å². The van der Waals surface area contributed by atoms with Gasteiger partial charge in [-0.05, 0) is 29.7 Å². The van der Waals surface area contributed by atoms with Crippen molar-refractivity contribution < 1.29 is 19.1 Å². The summed E-state index contributed by atoms with van der Waals surface area (Å²) in [5, 5.41) is 9.49. The summed E-state index contributed by atoms with van der Waals surface area (Å²) >= 11 is 0. The number of carboxylic acids is 1. The highest BCUT2D eigenvalue weighted by molar-refractivity contribution is 6.00. The molecule has 1 N–H and O–H groups in total. The van der Waals surface area contributed by atoms with E-state index in [1.165, 1.54) is 6.07 Å². The van der Waals surface area contributed by atoms with Gasteiger partial charge in [0.2, 0.25) is 5.76 Å². The normalized spacial score (nSPS) is 11.7. The Morgan fingerprint density at radius 3 is 2.47 bits per heavy atom. The minimum atomic E-state index is -1.11. The second-order valence-electron chi connectivity index (χ2n) is 5.83. The third-order valence-electron chi connectivity index (χ3n) is 2.74. The number of rotatable bonds is 3. The molecule has 0 bridgehead atoms. The number of carbonyl (C=O) groups excluding carboxylic acids is 1. The quantitative estimate of drug-likeness (QED) is 0.853. The zero-order valence-electron chi connectivity index (χ0n) is 11.2. The molecule has 0 saturated carbocycles. The monoisotopic (exact) mass is 260 g/mol. The molecule has 0 aliphatic carbocycles. The molecule has 0 unspecified atom stereocenters. The lowest BCUT2D eigenvalue weighted by molar-refractivity contribution is 0.0664. The van der Waals surface area contributed by atoms with Gasteiger partial charge in [0.1, 0.15) is 5.58 Å². The molecule has 4 heteroatoms. The maximum absolute atomic E-state index is 12.1. The molecule has 0 radical (unpaired) electrons. The van der Waals surface area contributed by atoms with E-state index in [1.54, 1.807) is 18.2 Å². The lowest BCUT2D eigenvalue weighted by atomic mass is 9.88. The molecule has 1 heterocycles. The van der Waals surface area contributed by atoms with E-state index in [0.29, 0.717) is 23.0 Å². The van der Waals surface area contributed by atoms with Crippen LogP contribution in [-0.4, -0.2) is 16.9 Å². The summed E-state index contributed by atoms with van der Waals surface area (Å²) in [5.74, 6) is -1.18. The summed E-state index contributed by atoms with van der Waals surface area (Å²) < 4.78 is 5.15. The zero-order chi connectivity index (χ0) is 14.2. The predicted molar refractivity (Wildman–Crippen MR) is 71.6 cm³/mol. The van der Waals surface area contributed by atoms with Gasteiger partial charge in [-0.2, -0.15) is 0 Å². The van der Waals surface area contributed by atoms with Crippen molar-refractivity contribution in [3.63, 3.8) is 0 Å². The van der Waals surface area contributed by atoms with Crippen molar-refractivity contribution in [1.82, 2.24) is 0 Å². The second-order valence-corrected chi connectivity index (χ2v) is 5.83. The Bertz CT molecular complexity index is 644. The molecule has 0 aliphatic heterocycles. The number of aromatic carboxylic acids is 1. The van der Waals surface area contributed by atoms with E-state index < -0.39 is 5.97 Å². The number of fused-ring (bicyclic) bond motifs is 1. The highest BCUT2D eigenvalue weighted by Crippen LogP contribution is 2.25. The number of carbonyl (C=O) groups is 2. The summed E-state index contributed by atoms with van der Waals surface area (Å²) in [4.78, 5) is 22.9. The molecule has 0 aliphatic rings. The predicted octanol–water partition coefficient (Wildman–Crippen LogP) is 3.75. The molecule has 19 heavy (non-hydrogen) atoms. The van der Waals surface area contributed by atoms with Gasteiger partial charge in [0.15, 0.2) is 5.78 Å². The van der Waals surface area contributed by atoms with Crippen molar-refractivity contribution in [3.8, 4) is 0 Å². The molecular weight excluding hydrogens is 244 g/mol. The first-order valence-electron chi connectivity index (χ1n) is 6.06. The number of furan rings is 1. The Morgan fingerprint density at radius 2 is 1.89 bits per heavy atom. The van der Waals surface area contributed by atoms with E-state index in [0.717, 1.165) is 0 Å². The number of benzene rings is 1. The fraction of sp³-hybridized carbons (Fsp3) is 0.333. The Labute approximate surface area is 111 Å². The topological polar surface area (TPSA) is 67.5 Å². The molecule has 100 valence electrons. The van der Waals surface area contributed by atoms with E-state index in [9.17, 15) is 9.59 Å². The first-order chi connectivity index (χ1) is 8.76. The van der Waals surface area contributed by atoms with Crippen LogP contribution < -0.4 is 0 Å². The van der Waals surface area contributed by atoms with Crippen molar-refractivity contribution in [1.29, 1.82) is 0 Å². The molecule has 0 spiro atoms. The fourth-order valence-electron chi connectivity index (χ4n) is 1.91. The average molecular weight is 260 g/mol. The minimum Gasteiger partial charge on any atom is -0.475 e.